The molecule has 0 saturated carbocycles. The largest absolute Gasteiger partial charge is 0.394 e. The highest BCUT2D eigenvalue weighted by Gasteiger charge is 2.29. The van der Waals surface area contributed by atoms with E-state index < -0.39 is 30.8 Å². The molecule has 0 fully saturated rings. The third-order valence-electron chi connectivity index (χ3n) is 2.95. The van der Waals surface area contributed by atoms with Crippen molar-refractivity contribution in [1.82, 2.24) is 0 Å². The van der Waals surface area contributed by atoms with E-state index in [2.05, 4.69) is 5.32 Å². The lowest BCUT2D eigenvalue weighted by Gasteiger charge is -2.21. The molecule has 1 rings (SSSR count). The van der Waals surface area contributed by atoms with Crippen LogP contribution in [0.3, 0.4) is 0 Å². The molecule has 0 aliphatic rings. The standard InChI is InChI=1S/C13H19NO5/c1-7-3-4-9(5-8(7)2)14-13(19)12(18)11(17)10(16)6-15/h3-5,10-12,15-18H,6H2,1-2H3,(H,14,19). The first-order valence-corrected chi connectivity index (χ1v) is 5.90. The van der Waals surface area contributed by atoms with Crippen molar-refractivity contribution in [2.75, 3.05) is 11.9 Å². The van der Waals surface area contributed by atoms with Crippen LogP contribution >= 0.6 is 0 Å². The summed E-state index contributed by atoms with van der Waals surface area (Å²) in [6, 6.07) is 5.22. The van der Waals surface area contributed by atoms with Gasteiger partial charge in [-0.2, -0.15) is 0 Å². The van der Waals surface area contributed by atoms with Gasteiger partial charge < -0.3 is 25.7 Å². The van der Waals surface area contributed by atoms with Gasteiger partial charge in [-0.25, -0.2) is 0 Å². The third-order valence-corrected chi connectivity index (χ3v) is 2.95. The van der Waals surface area contributed by atoms with Gasteiger partial charge in [0.05, 0.1) is 6.61 Å². The van der Waals surface area contributed by atoms with Crippen LogP contribution in [0.25, 0.3) is 0 Å². The number of aliphatic hydroxyl groups excluding tert-OH is 4. The Balaban J connectivity index is 2.71. The normalized spacial score (nSPS) is 15.7. The second-order valence-electron chi connectivity index (χ2n) is 4.47. The molecule has 1 aromatic carbocycles. The minimum Gasteiger partial charge on any atom is -0.394 e. The first-order chi connectivity index (χ1) is 8.86. The zero-order valence-corrected chi connectivity index (χ0v) is 10.9. The van der Waals surface area contributed by atoms with Gasteiger partial charge in [0.1, 0.15) is 12.2 Å². The summed E-state index contributed by atoms with van der Waals surface area (Å²) in [4.78, 5) is 11.7. The second-order valence-corrected chi connectivity index (χ2v) is 4.47. The van der Waals surface area contributed by atoms with Gasteiger partial charge in [-0.15, -0.1) is 0 Å². The molecule has 0 saturated heterocycles. The predicted octanol–water partition coefficient (Wildman–Crippen LogP) is -0.683. The first kappa shape index (κ1) is 15.6. The number of carbonyl (C=O) groups is 1. The van der Waals surface area contributed by atoms with Crippen LogP contribution in [0.2, 0.25) is 0 Å². The number of aryl methyl sites for hydroxylation is 2. The van der Waals surface area contributed by atoms with Gasteiger partial charge in [0.25, 0.3) is 5.91 Å². The van der Waals surface area contributed by atoms with Crippen LogP contribution in [0, 0.1) is 13.8 Å². The smallest absolute Gasteiger partial charge is 0.256 e. The van der Waals surface area contributed by atoms with E-state index in [0.717, 1.165) is 11.1 Å². The molecule has 0 spiro atoms. The van der Waals surface area contributed by atoms with Crippen molar-refractivity contribution in [3.8, 4) is 0 Å². The Labute approximate surface area is 111 Å². The number of aliphatic hydroxyl groups is 4. The lowest BCUT2D eigenvalue weighted by molar-refractivity contribution is -0.137. The van der Waals surface area contributed by atoms with E-state index in [1.54, 1.807) is 12.1 Å². The van der Waals surface area contributed by atoms with E-state index in [9.17, 15) is 15.0 Å². The summed E-state index contributed by atoms with van der Waals surface area (Å²) in [5, 5.41) is 39.2. The SMILES string of the molecule is Cc1ccc(NC(=O)C(O)C(O)C(O)CO)cc1C. The van der Waals surface area contributed by atoms with Crippen molar-refractivity contribution in [1.29, 1.82) is 0 Å². The lowest BCUT2D eigenvalue weighted by atomic mass is 10.1. The van der Waals surface area contributed by atoms with E-state index in [0.29, 0.717) is 5.69 Å². The van der Waals surface area contributed by atoms with Crippen LogP contribution in [0.5, 0.6) is 0 Å². The average Bonchev–Trinajstić information content (AvgIpc) is 2.40. The van der Waals surface area contributed by atoms with Gasteiger partial charge in [-0.05, 0) is 37.1 Å². The van der Waals surface area contributed by atoms with Gasteiger partial charge in [-0.1, -0.05) is 6.07 Å². The summed E-state index contributed by atoms with van der Waals surface area (Å²) in [6.07, 6.45) is -5.12. The number of hydrogen-bond donors (Lipinski definition) is 5. The lowest BCUT2D eigenvalue weighted by Crippen LogP contribution is -2.46. The molecule has 0 aliphatic heterocycles. The van der Waals surface area contributed by atoms with Crippen molar-refractivity contribution >= 4 is 11.6 Å². The number of nitrogens with one attached hydrogen (secondary N) is 1. The molecule has 1 aromatic rings. The zero-order chi connectivity index (χ0) is 14.6. The molecule has 19 heavy (non-hydrogen) atoms. The maximum atomic E-state index is 11.7. The molecule has 0 aliphatic carbocycles. The van der Waals surface area contributed by atoms with Gasteiger partial charge in [0, 0.05) is 5.69 Å². The van der Waals surface area contributed by atoms with E-state index >= 15 is 0 Å². The second kappa shape index (κ2) is 6.63. The van der Waals surface area contributed by atoms with Gasteiger partial charge in [0.15, 0.2) is 6.10 Å². The number of benzene rings is 1. The van der Waals surface area contributed by atoms with Crippen molar-refractivity contribution in [2.24, 2.45) is 0 Å². The van der Waals surface area contributed by atoms with Crippen LogP contribution in [-0.2, 0) is 4.79 Å². The number of amides is 1. The van der Waals surface area contributed by atoms with Gasteiger partial charge >= 0.3 is 0 Å². The molecule has 0 radical (unpaired) electrons. The van der Waals surface area contributed by atoms with Crippen molar-refractivity contribution in [2.45, 2.75) is 32.2 Å². The molecular weight excluding hydrogens is 250 g/mol. The molecule has 106 valence electrons. The summed E-state index contributed by atoms with van der Waals surface area (Å²) in [5.74, 6) is -0.844. The number of rotatable bonds is 5. The Morgan fingerprint density at radius 1 is 1.21 bits per heavy atom. The van der Waals surface area contributed by atoms with Crippen molar-refractivity contribution in [3.63, 3.8) is 0 Å². The summed E-state index contributed by atoms with van der Waals surface area (Å²) >= 11 is 0. The monoisotopic (exact) mass is 269 g/mol. The third kappa shape index (κ3) is 4.00. The van der Waals surface area contributed by atoms with Crippen LogP contribution in [0.15, 0.2) is 18.2 Å². The van der Waals surface area contributed by atoms with E-state index in [1.165, 1.54) is 0 Å². The van der Waals surface area contributed by atoms with Crippen molar-refractivity contribution in [3.05, 3.63) is 29.3 Å². The Hall–Kier alpha value is -1.47. The molecule has 0 heterocycles. The maximum absolute atomic E-state index is 11.7. The number of carbonyl (C=O) groups excluding carboxylic acids is 1. The first-order valence-electron chi connectivity index (χ1n) is 5.90. The Morgan fingerprint density at radius 2 is 1.84 bits per heavy atom. The summed E-state index contributed by atoms with van der Waals surface area (Å²) in [5.41, 5.74) is 2.52. The Kier molecular flexibility index (Phi) is 5.44. The summed E-state index contributed by atoms with van der Waals surface area (Å²) in [6.45, 7) is 3.07. The van der Waals surface area contributed by atoms with E-state index in [4.69, 9.17) is 10.2 Å². The average molecular weight is 269 g/mol. The molecule has 0 aromatic heterocycles. The van der Waals surface area contributed by atoms with E-state index in [1.807, 2.05) is 19.9 Å². The molecule has 6 nitrogen and oxygen atoms in total. The quantitative estimate of drug-likeness (QED) is 0.486. The fourth-order valence-corrected chi connectivity index (χ4v) is 1.51. The molecule has 3 unspecified atom stereocenters. The Morgan fingerprint density at radius 3 is 2.37 bits per heavy atom. The molecular formula is C13H19NO5. The van der Waals surface area contributed by atoms with Gasteiger partial charge in [0.2, 0.25) is 0 Å². The predicted molar refractivity (Wildman–Crippen MR) is 69.7 cm³/mol. The maximum Gasteiger partial charge on any atom is 0.256 e. The molecule has 0 bridgehead atoms. The summed E-state index contributed by atoms with van der Waals surface area (Å²) < 4.78 is 0. The fraction of sp³-hybridized carbons (Fsp3) is 0.462. The Bertz CT molecular complexity index is 449. The van der Waals surface area contributed by atoms with Crippen molar-refractivity contribution < 1.29 is 25.2 Å². The molecule has 3 atom stereocenters. The van der Waals surface area contributed by atoms with Gasteiger partial charge in [-0.3, -0.25) is 4.79 Å². The van der Waals surface area contributed by atoms with Crippen LogP contribution in [0.4, 0.5) is 5.69 Å². The topological polar surface area (TPSA) is 110 Å². The zero-order valence-electron chi connectivity index (χ0n) is 10.9. The number of anilines is 1. The highest BCUT2D eigenvalue weighted by molar-refractivity contribution is 5.94. The van der Waals surface area contributed by atoms with Crippen LogP contribution in [-0.4, -0.2) is 51.3 Å². The fourth-order valence-electron chi connectivity index (χ4n) is 1.51. The molecule has 5 N–H and O–H groups in total. The highest BCUT2D eigenvalue weighted by atomic mass is 16.4. The van der Waals surface area contributed by atoms with Crippen LogP contribution < -0.4 is 5.32 Å². The van der Waals surface area contributed by atoms with Crippen LogP contribution in [0.1, 0.15) is 11.1 Å². The number of hydrogen-bond acceptors (Lipinski definition) is 5. The molecule has 1 amide bonds. The highest BCUT2D eigenvalue weighted by Crippen LogP contribution is 2.15. The van der Waals surface area contributed by atoms with E-state index in [-0.39, 0.29) is 0 Å². The summed E-state index contributed by atoms with van der Waals surface area (Å²) in [7, 11) is 0. The molecule has 6 heteroatoms. The minimum atomic E-state index is -1.82. The minimum absolute atomic E-state index is 0.484.